The molecule has 3 fully saturated rings. The van der Waals surface area contributed by atoms with Gasteiger partial charge in [0.1, 0.15) is 23.8 Å². The highest BCUT2D eigenvalue weighted by Crippen LogP contribution is 2.26. The number of pyridine rings is 1. The van der Waals surface area contributed by atoms with E-state index in [4.69, 9.17) is 4.74 Å². The molecule has 1 N–H and O–H groups in total. The van der Waals surface area contributed by atoms with E-state index in [9.17, 15) is 18.4 Å². The summed E-state index contributed by atoms with van der Waals surface area (Å²) in [6, 6.07) is 0.760. The van der Waals surface area contributed by atoms with E-state index in [1.165, 1.54) is 0 Å². The van der Waals surface area contributed by atoms with Gasteiger partial charge in [0, 0.05) is 38.8 Å². The normalized spacial score (nSPS) is 22.2. The first-order chi connectivity index (χ1) is 12.4. The fourth-order valence-corrected chi connectivity index (χ4v) is 3.55. The van der Waals surface area contributed by atoms with Crippen molar-refractivity contribution in [3.63, 3.8) is 0 Å². The van der Waals surface area contributed by atoms with Crippen molar-refractivity contribution in [3.05, 3.63) is 29.6 Å². The van der Waals surface area contributed by atoms with Crippen molar-refractivity contribution >= 4 is 12.1 Å². The lowest BCUT2D eigenvalue weighted by Gasteiger charge is -2.48. The van der Waals surface area contributed by atoms with Crippen molar-refractivity contribution in [2.24, 2.45) is 0 Å². The van der Waals surface area contributed by atoms with Gasteiger partial charge in [0.2, 0.25) is 0 Å². The fourth-order valence-electron chi connectivity index (χ4n) is 3.55. The van der Waals surface area contributed by atoms with Crippen molar-refractivity contribution in [1.29, 1.82) is 0 Å². The Bertz CT molecular complexity index is 733. The topological polar surface area (TPSA) is 78.0 Å². The van der Waals surface area contributed by atoms with Crippen molar-refractivity contribution in [1.82, 2.24) is 25.0 Å². The summed E-state index contributed by atoms with van der Waals surface area (Å²) in [5, 5.41) is 2.75. The molecule has 0 unspecified atom stereocenters. The number of alkyl carbamates (subject to hydrolysis) is 1. The van der Waals surface area contributed by atoms with Gasteiger partial charge in [-0.1, -0.05) is 0 Å². The molecule has 8 nitrogen and oxygen atoms in total. The van der Waals surface area contributed by atoms with Crippen molar-refractivity contribution in [3.8, 4) is 0 Å². The number of piperazine rings is 1. The summed E-state index contributed by atoms with van der Waals surface area (Å²) in [5.74, 6) is -1.35. The summed E-state index contributed by atoms with van der Waals surface area (Å²) in [7, 11) is 0. The average molecular weight is 367 g/mol. The molecule has 3 saturated heterocycles. The molecule has 0 atom stereocenters. The molecule has 0 aromatic carbocycles. The number of aromatic nitrogens is 1. The summed E-state index contributed by atoms with van der Waals surface area (Å²) < 4.78 is 31.5. The van der Waals surface area contributed by atoms with Crippen LogP contribution in [0.1, 0.15) is 5.69 Å². The highest BCUT2D eigenvalue weighted by Gasteiger charge is 2.52. The first-order valence-electron chi connectivity index (χ1n) is 8.45. The van der Waals surface area contributed by atoms with Gasteiger partial charge in [0.05, 0.1) is 25.0 Å². The Balaban J connectivity index is 1.26. The van der Waals surface area contributed by atoms with Crippen LogP contribution < -0.4 is 5.32 Å². The van der Waals surface area contributed by atoms with E-state index in [0.717, 1.165) is 12.3 Å². The number of nitrogens with one attached hydrogen (secondary N) is 1. The number of hydrogen-bond acceptors (Lipinski definition) is 5. The third-order valence-electron chi connectivity index (χ3n) is 5.00. The van der Waals surface area contributed by atoms with E-state index in [1.54, 1.807) is 9.80 Å². The zero-order valence-corrected chi connectivity index (χ0v) is 14.1. The largest absolute Gasteiger partial charge is 0.447 e. The van der Waals surface area contributed by atoms with Crippen LogP contribution in [-0.4, -0.2) is 83.2 Å². The van der Waals surface area contributed by atoms with Crippen LogP contribution in [0, 0.1) is 11.6 Å². The maximum Gasteiger partial charge on any atom is 0.407 e. The minimum Gasteiger partial charge on any atom is -0.447 e. The Labute approximate surface area is 148 Å². The zero-order valence-electron chi connectivity index (χ0n) is 14.1. The molecule has 0 saturated carbocycles. The molecule has 4 rings (SSSR count). The number of cyclic esters (lactones) is 1. The number of carbonyl (C=O) groups excluding carboxylic acids is 2. The number of ether oxygens (including phenoxy) is 1. The van der Waals surface area contributed by atoms with Gasteiger partial charge in [0.25, 0.3) is 0 Å². The van der Waals surface area contributed by atoms with Gasteiger partial charge in [0.15, 0.2) is 0 Å². The van der Waals surface area contributed by atoms with Crippen LogP contribution in [0.4, 0.5) is 18.4 Å². The summed E-state index contributed by atoms with van der Waals surface area (Å²) in [4.78, 5) is 32.9. The zero-order chi connectivity index (χ0) is 18.3. The Hall–Kier alpha value is -2.49. The second kappa shape index (κ2) is 6.35. The Morgan fingerprint density at radius 3 is 2.58 bits per heavy atom. The number of likely N-dealkylation sites (tertiary alicyclic amines) is 1. The third kappa shape index (κ3) is 3.16. The molecule has 3 aliphatic heterocycles. The highest BCUT2D eigenvalue weighted by atomic mass is 19.1. The molecule has 0 aliphatic carbocycles. The second-order valence-electron chi connectivity index (χ2n) is 6.97. The number of halogens is 2. The maximum atomic E-state index is 13.7. The molecule has 0 bridgehead atoms. The lowest BCUT2D eigenvalue weighted by atomic mass is 9.92. The molecular formula is C16H19F2N5O3. The van der Waals surface area contributed by atoms with Gasteiger partial charge < -0.3 is 19.9 Å². The molecule has 1 spiro atoms. The predicted octanol–water partition coefficient (Wildman–Crippen LogP) is 0.392. The molecule has 1 aromatic heterocycles. The summed E-state index contributed by atoms with van der Waals surface area (Å²) >= 11 is 0. The smallest absolute Gasteiger partial charge is 0.407 e. The van der Waals surface area contributed by atoms with Gasteiger partial charge >= 0.3 is 12.1 Å². The van der Waals surface area contributed by atoms with Crippen LogP contribution in [0.3, 0.4) is 0 Å². The van der Waals surface area contributed by atoms with E-state index in [0.29, 0.717) is 45.9 Å². The quantitative estimate of drug-likeness (QED) is 0.818. The first-order valence-corrected chi connectivity index (χ1v) is 8.45. The van der Waals surface area contributed by atoms with Crippen molar-refractivity contribution in [2.75, 3.05) is 45.9 Å². The molecule has 140 valence electrons. The molecule has 4 heterocycles. The maximum absolute atomic E-state index is 13.7. The van der Waals surface area contributed by atoms with Gasteiger partial charge in [-0.15, -0.1) is 0 Å². The molecular weight excluding hydrogens is 348 g/mol. The summed E-state index contributed by atoms with van der Waals surface area (Å²) in [6.07, 6.45) is 0.566. The minimum atomic E-state index is -0.696. The minimum absolute atomic E-state index is 0.0671. The van der Waals surface area contributed by atoms with Crippen LogP contribution in [0.25, 0.3) is 0 Å². The molecule has 1 aromatic rings. The third-order valence-corrected chi connectivity index (χ3v) is 5.00. The molecule has 3 amide bonds. The van der Waals surface area contributed by atoms with Gasteiger partial charge in [-0.3, -0.25) is 9.88 Å². The number of nitrogens with zero attached hydrogens (tertiary/aromatic N) is 4. The predicted molar refractivity (Wildman–Crippen MR) is 85.2 cm³/mol. The Kier molecular flexibility index (Phi) is 4.14. The number of hydrogen-bond donors (Lipinski definition) is 1. The highest BCUT2D eigenvalue weighted by molar-refractivity contribution is 5.78. The molecule has 10 heteroatoms. The molecule has 26 heavy (non-hydrogen) atoms. The molecule has 0 radical (unpaired) electrons. The number of rotatable bonds is 2. The molecule has 3 aliphatic rings. The number of amides is 3. The van der Waals surface area contributed by atoms with Gasteiger partial charge in [-0.25, -0.2) is 18.4 Å². The Morgan fingerprint density at radius 2 is 1.96 bits per heavy atom. The van der Waals surface area contributed by atoms with E-state index in [-0.39, 0.29) is 18.3 Å². The van der Waals surface area contributed by atoms with Crippen LogP contribution in [-0.2, 0) is 11.3 Å². The standard InChI is InChI=1S/C16H19F2N5O3/c17-11-5-12(18)13(19-6-11)7-21-1-3-22(4-2-21)15(25)23-8-16(9-23)10-26-14(24)20-16/h5-6H,1-4,7-10H2,(H,20,24). The lowest BCUT2D eigenvalue weighted by Crippen LogP contribution is -2.71. The van der Waals surface area contributed by atoms with Crippen molar-refractivity contribution < 1.29 is 23.1 Å². The number of carbonyl (C=O) groups is 2. The second-order valence-corrected chi connectivity index (χ2v) is 6.97. The van der Waals surface area contributed by atoms with Crippen LogP contribution in [0.2, 0.25) is 0 Å². The van der Waals surface area contributed by atoms with Crippen LogP contribution >= 0.6 is 0 Å². The van der Waals surface area contributed by atoms with E-state index in [1.807, 2.05) is 4.90 Å². The SMILES string of the molecule is O=C1NC2(CO1)CN(C(=O)N1CCN(Cc3ncc(F)cc3F)CC1)C2. The van der Waals surface area contributed by atoms with Crippen molar-refractivity contribution in [2.45, 2.75) is 12.1 Å². The van der Waals surface area contributed by atoms with E-state index >= 15 is 0 Å². The van der Waals surface area contributed by atoms with Gasteiger partial charge in [-0.2, -0.15) is 0 Å². The van der Waals surface area contributed by atoms with Crippen LogP contribution in [0.5, 0.6) is 0 Å². The summed E-state index contributed by atoms with van der Waals surface area (Å²) in [6.45, 7) is 3.68. The van der Waals surface area contributed by atoms with Crippen LogP contribution in [0.15, 0.2) is 12.3 Å². The number of urea groups is 1. The average Bonchev–Trinajstić information content (AvgIpc) is 2.98. The van der Waals surface area contributed by atoms with E-state index < -0.39 is 23.3 Å². The Morgan fingerprint density at radius 1 is 1.23 bits per heavy atom. The summed E-state index contributed by atoms with van der Waals surface area (Å²) in [5.41, 5.74) is -0.229. The monoisotopic (exact) mass is 367 g/mol. The fraction of sp³-hybridized carbons (Fsp3) is 0.562. The lowest BCUT2D eigenvalue weighted by molar-refractivity contribution is 0.0423. The van der Waals surface area contributed by atoms with E-state index in [2.05, 4.69) is 10.3 Å². The first kappa shape index (κ1) is 17.0. The van der Waals surface area contributed by atoms with Gasteiger partial charge in [-0.05, 0) is 0 Å².